The van der Waals surface area contributed by atoms with Gasteiger partial charge in [0.15, 0.2) is 0 Å². The largest absolute Gasteiger partial charge is 0.219 e. The summed E-state index contributed by atoms with van der Waals surface area (Å²) >= 11 is 11.5. The molecule has 0 amide bonds. The average Bonchev–Trinajstić information content (AvgIpc) is 2.49. The van der Waals surface area contributed by atoms with Crippen LogP contribution in [0.4, 0.5) is 0 Å². The molecule has 0 saturated heterocycles. The molecule has 2 aromatic carbocycles. The molecule has 0 atom stereocenters. The van der Waals surface area contributed by atoms with E-state index in [0.717, 1.165) is 0 Å². The zero-order chi connectivity index (χ0) is 16.4. The smallest absolute Gasteiger partial charge is 0.200 e. The lowest BCUT2D eigenvalue weighted by molar-refractivity contribution is 0.600. The molecule has 0 heterocycles. The van der Waals surface area contributed by atoms with Crippen molar-refractivity contribution < 1.29 is 16.8 Å². The van der Waals surface area contributed by atoms with Crippen LogP contribution in [0.15, 0.2) is 69.1 Å². The zero-order valence-electron chi connectivity index (χ0n) is 11.0. The van der Waals surface area contributed by atoms with Crippen LogP contribution >= 0.6 is 23.2 Å². The number of rotatable bonds is 4. The van der Waals surface area contributed by atoms with Crippen molar-refractivity contribution >= 4 is 42.9 Å². The minimum Gasteiger partial charge on any atom is -0.219 e. The summed E-state index contributed by atoms with van der Waals surface area (Å²) in [6.07, 6.45) is 0. The second-order valence-electron chi connectivity index (χ2n) is 4.25. The number of halogens is 2. The Hall–Kier alpha value is -1.34. The van der Waals surface area contributed by atoms with Gasteiger partial charge in [0.25, 0.3) is 0 Å². The SMILES string of the molecule is O=S(=O)(/C=C/S(=O)(=O)c1ccc(Cl)c(Cl)c1)c1ccccc1. The molecule has 0 N–H and O–H groups in total. The number of benzene rings is 2. The van der Waals surface area contributed by atoms with Gasteiger partial charge >= 0.3 is 0 Å². The van der Waals surface area contributed by atoms with E-state index in [9.17, 15) is 16.8 Å². The minimum atomic E-state index is -3.94. The van der Waals surface area contributed by atoms with Crippen molar-refractivity contribution in [3.05, 3.63) is 69.4 Å². The Labute approximate surface area is 138 Å². The second-order valence-corrected chi connectivity index (χ2v) is 8.73. The molecule has 22 heavy (non-hydrogen) atoms. The molecule has 0 saturated carbocycles. The van der Waals surface area contributed by atoms with Crippen molar-refractivity contribution in [3.63, 3.8) is 0 Å². The third-order valence-corrected chi connectivity index (χ3v) is 6.45. The van der Waals surface area contributed by atoms with Gasteiger partial charge in [-0.05, 0) is 30.3 Å². The number of sulfone groups is 2. The van der Waals surface area contributed by atoms with Crippen molar-refractivity contribution in [1.29, 1.82) is 0 Å². The van der Waals surface area contributed by atoms with Crippen LogP contribution < -0.4 is 0 Å². The molecule has 0 bridgehead atoms. The summed E-state index contributed by atoms with van der Waals surface area (Å²) in [6, 6.07) is 11.3. The van der Waals surface area contributed by atoms with Crippen LogP contribution in [0.25, 0.3) is 0 Å². The van der Waals surface area contributed by atoms with Crippen LogP contribution in [-0.2, 0) is 19.7 Å². The van der Waals surface area contributed by atoms with Crippen LogP contribution in [-0.4, -0.2) is 16.8 Å². The summed E-state index contributed by atoms with van der Waals surface area (Å²) in [7, 11) is -7.78. The highest BCUT2D eigenvalue weighted by molar-refractivity contribution is 7.97. The molecular formula is C14H10Cl2O4S2. The van der Waals surface area contributed by atoms with Gasteiger partial charge in [0, 0.05) is 10.8 Å². The molecule has 0 spiro atoms. The van der Waals surface area contributed by atoms with Gasteiger partial charge in [0.05, 0.1) is 19.8 Å². The van der Waals surface area contributed by atoms with Crippen molar-refractivity contribution in [2.75, 3.05) is 0 Å². The van der Waals surface area contributed by atoms with Gasteiger partial charge in [-0.1, -0.05) is 41.4 Å². The Kier molecular flexibility index (Phi) is 4.97. The van der Waals surface area contributed by atoms with Crippen LogP contribution in [0.3, 0.4) is 0 Å². The van der Waals surface area contributed by atoms with E-state index >= 15 is 0 Å². The predicted octanol–water partition coefficient (Wildman–Crippen LogP) is 3.71. The molecule has 0 aliphatic rings. The van der Waals surface area contributed by atoms with Crippen molar-refractivity contribution in [2.24, 2.45) is 0 Å². The maximum Gasteiger partial charge on any atom is 0.200 e. The molecular weight excluding hydrogens is 367 g/mol. The fourth-order valence-electron chi connectivity index (χ4n) is 1.57. The topological polar surface area (TPSA) is 68.3 Å². The van der Waals surface area contributed by atoms with E-state index in [1.807, 2.05) is 0 Å². The van der Waals surface area contributed by atoms with Gasteiger partial charge in [-0.3, -0.25) is 0 Å². The molecule has 2 aromatic rings. The fraction of sp³-hybridized carbons (Fsp3) is 0. The third-order valence-electron chi connectivity index (χ3n) is 2.71. The molecule has 2 rings (SSSR count). The fourth-order valence-corrected chi connectivity index (χ4v) is 4.49. The molecule has 0 fully saturated rings. The summed E-state index contributed by atoms with van der Waals surface area (Å²) in [6.45, 7) is 0. The Morgan fingerprint density at radius 1 is 0.682 bits per heavy atom. The van der Waals surface area contributed by atoms with E-state index in [0.29, 0.717) is 10.8 Å². The summed E-state index contributed by atoms with van der Waals surface area (Å²) in [5, 5.41) is 1.57. The van der Waals surface area contributed by atoms with Crippen LogP contribution in [0.1, 0.15) is 0 Å². The van der Waals surface area contributed by atoms with Gasteiger partial charge in [0.1, 0.15) is 0 Å². The first-order chi connectivity index (χ1) is 10.2. The van der Waals surface area contributed by atoms with Gasteiger partial charge in [-0.2, -0.15) is 0 Å². The van der Waals surface area contributed by atoms with E-state index in [2.05, 4.69) is 0 Å². The lowest BCUT2D eigenvalue weighted by Crippen LogP contribution is -2.00. The molecule has 116 valence electrons. The quantitative estimate of drug-likeness (QED) is 0.815. The Balaban J connectivity index is 2.38. The lowest BCUT2D eigenvalue weighted by atomic mass is 10.4. The summed E-state index contributed by atoms with van der Waals surface area (Å²) in [5.74, 6) is 0. The van der Waals surface area contributed by atoms with Crippen LogP contribution in [0.2, 0.25) is 10.0 Å². The zero-order valence-corrected chi connectivity index (χ0v) is 14.1. The molecule has 0 aliphatic carbocycles. The average molecular weight is 377 g/mol. The normalized spacial score (nSPS) is 12.6. The van der Waals surface area contributed by atoms with E-state index in [1.165, 1.54) is 30.3 Å². The minimum absolute atomic E-state index is 0.00980. The van der Waals surface area contributed by atoms with E-state index in [-0.39, 0.29) is 19.8 Å². The highest BCUT2D eigenvalue weighted by atomic mass is 35.5. The molecule has 0 radical (unpaired) electrons. The highest BCUT2D eigenvalue weighted by Gasteiger charge is 2.16. The van der Waals surface area contributed by atoms with Crippen molar-refractivity contribution in [3.8, 4) is 0 Å². The van der Waals surface area contributed by atoms with E-state index in [1.54, 1.807) is 18.2 Å². The van der Waals surface area contributed by atoms with Crippen LogP contribution in [0.5, 0.6) is 0 Å². The highest BCUT2D eigenvalue weighted by Crippen LogP contribution is 2.26. The molecule has 0 aromatic heterocycles. The second kappa shape index (κ2) is 6.42. The van der Waals surface area contributed by atoms with Crippen molar-refractivity contribution in [2.45, 2.75) is 9.79 Å². The summed E-state index contributed by atoms with van der Waals surface area (Å²) in [4.78, 5) is -0.128. The molecule has 8 heteroatoms. The number of hydrogen-bond donors (Lipinski definition) is 0. The summed E-state index contributed by atoms with van der Waals surface area (Å²) in [5.41, 5.74) is 0. The molecule has 0 unspecified atom stereocenters. The van der Waals surface area contributed by atoms with E-state index < -0.39 is 19.7 Å². The van der Waals surface area contributed by atoms with Gasteiger partial charge in [-0.25, -0.2) is 16.8 Å². The lowest BCUT2D eigenvalue weighted by Gasteiger charge is -2.02. The van der Waals surface area contributed by atoms with Crippen LogP contribution in [0, 0.1) is 0 Å². The third kappa shape index (κ3) is 3.89. The first kappa shape index (κ1) is 17.0. The molecule has 0 aliphatic heterocycles. The summed E-state index contributed by atoms with van der Waals surface area (Å²) < 4.78 is 48.3. The van der Waals surface area contributed by atoms with E-state index in [4.69, 9.17) is 23.2 Å². The van der Waals surface area contributed by atoms with Gasteiger partial charge in [-0.15, -0.1) is 0 Å². The Bertz CT molecular complexity index is 919. The molecule has 4 nitrogen and oxygen atoms in total. The van der Waals surface area contributed by atoms with Crippen molar-refractivity contribution in [1.82, 2.24) is 0 Å². The first-order valence-electron chi connectivity index (χ1n) is 5.91. The maximum absolute atomic E-state index is 12.1. The van der Waals surface area contributed by atoms with Gasteiger partial charge < -0.3 is 0 Å². The predicted molar refractivity (Wildman–Crippen MR) is 86.4 cm³/mol. The Morgan fingerprint density at radius 3 is 1.77 bits per heavy atom. The van der Waals surface area contributed by atoms with Gasteiger partial charge in [0.2, 0.25) is 19.7 Å². The maximum atomic E-state index is 12.1. The monoisotopic (exact) mass is 376 g/mol. The number of hydrogen-bond acceptors (Lipinski definition) is 4. The first-order valence-corrected chi connectivity index (χ1v) is 9.75. The standard InChI is InChI=1S/C14H10Cl2O4S2/c15-13-7-6-12(10-14(13)16)22(19,20)9-8-21(17,18)11-4-2-1-3-5-11/h1-10H/b9-8+. The Morgan fingerprint density at radius 2 is 1.23 bits per heavy atom.